The van der Waals surface area contributed by atoms with Gasteiger partial charge in [-0.1, -0.05) is 0 Å². The highest BCUT2D eigenvalue weighted by atomic mass is 16.5. The van der Waals surface area contributed by atoms with E-state index < -0.39 is 0 Å². The lowest BCUT2D eigenvalue weighted by atomic mass is 10.3. The summed E-state index contributed by atoms with van der Waals surface area (Å²) >= 11 is 0. The quantitative estimate of drug-likeness (QED) is 0.617. The molecule has 0 aliphatic carbocycles. The van der Waals surface area contributed by atoms with Crippen molar-refractivity contribution in [3.63, 3.8) is 0 Å². The summed E-state index contributed by atoms with van der Waals surface area (Å²) in [6, 6.07) is 0.377. The average Bonchev–Trinajstić information content (AvgIpc) is 2.62. The van der Waals surface area contributed by atoms with Crippen molar-refractivity contribution < 1.29 is 9.53 Å². The number of carbonyl (C=O) groups is 1. The van der Waals surface area contributed by atoms with Crippen LogP contribution in [-0.2, 0) is 4.74 Å². The lowest BCUT2D eigenvalue weighted by molar-refractivity contribution is 0.132. The fourth-order valence-electron chi connectivity index (χ4n) is 1.51. The van der Waals surface area contributed by atoms with Gasteiger partial charge in [-0.15, -0.1) is 0 Å². The molecule has 1 atom stereocenters. The summed E-state index contributed by atoms with van der Waals surface area (Å²) in [5.41, 5.74) is 5.36. The number of carbonyl (C=O) groups excluding carboxylic acids is 1. The van der Waals surface area contributed by atoms with Crippen LogP contribution in [0, 0.1) is 0 Å². The Bertz CT molecular complexity index is 175. The minimum absolute atomic E-state index is 0.239. The first kappa shape index (κ1) is 10.3. The van der Waals surface area contributed by atoms with Crippen LogP contribution in [-0.4, -0.2) is 50.3 Å². The second-order valence-electron chi connectivity index (χ2n) is 3.14. The third-order valence-corrected chi connectivity index (χ3v) is 2.20. The molecule has 13 heavy (non-hydrogen) atoms. The van der Waals surface area contributed by atoms with Crippen LogP contribution < -0.4 is 11.1 Å². The Morgan fingerprint density at radius 1 is 1.77 bits per heavy atom. The Hall–Kier alpha value is -0.810. The maximum absolute atomic E-state index is 11.1. The Balaban J connectivity index is 2.23. The minimum atomic E-state index is -0.239. The lowest BCUT2D eigenvalue weighted by Crippen LogP contribution is -2.37. The molecule has 76 valence electrons. The molecule has 1 aliphatic rings. The van der Waals surface area contributed by atoms with Gasteiger partial charge in [-0.25, -0.2) is 4.79 Å². The van der Waals surface area contributed by atoms with Crippen LogP contribution in [0.3, 0.4) is 0 Å². The first-order valence-electron chi connectivity index (χ1n) is 4.54. The van der Waals surface area contributed by atoms with Crippen LogP contribution in [0.15, 0.2) is 0 Å². The van der Waals surface area contributed by atoms with E-state index in [-0.39, 0.29) is 6.09 Å². The van der Waals surface area contributed by atoms with Gasteiger partial charge in [0, 0.05) is 32.2 Å². The number of rotatable bonds is 3. The maximum atomic E-state index is 11.1. The number of hydrogen-bond acceptors (Lipinski definition) is 4. The number of nitrogens with one attached hydrogen (secondary N) is 1. The normalized spacial score (nSPS) is 22.0. The third-order valence-electron chi connectivity index (χ3n) is 2.20. The summed E-state index contributed by atoms with van der Waals surface area (Å²) < 4.78 is 4.62. The fourth-order valence-corrected chi connectivity index (χ4v) is 1.51. The van der Waals surface area contributed by atoms with Gasteiger partial charge in [0.2, 0.25) is 0 Å². The van der Waals surface area contributed by atoms with Crippen molar-refractivity contribution in [1.82, 2.24) is 10.2 Å². The summed E-state index contributed by atoms with van der Waals surface area (Å²) in [5.74, 6) is 0. The van der Waals surface area contributed by atoms with Gasteiger partial charge >= 0.3 is 6.09 Å². The number of likely N-dealkylation sites (tertiary alicyclic amines) is 1. The van der Waals surface area contributed by atoms with E-state index in [1.807, 2.05) is 0 Å². The first-order chi connectivity index (χ1) is 6.27. The molecular formula is C8H17N3O2. The monoisotopic (exact) mass is 187 g/mol. The topological polar surface area (TPSA) is 67.6 Å². The molecule has 0 spiro atoms. The number of hydrogen-bond donors (Lipinski definition) is 2. The summed E-state index contributed by atoms with van der Waals surface area (Å²) in [6.07, 6.45) is 0.742. The zero-order chi connectivity index (χ0) is 9.68. The van der Waals surface area contributed by atoms with E-state index in [0.29, 0.717) is 12.6 Å². The van der Waals surface area contributed by atoms with Gasteiger partial charge in [0.15, 0.2) is 0 Å². The second kappa shape index (κ2) is 5.04. The van der Waals surface area contributed by atoms with E-state index >= 15 is 0 Å². The van der Waals surface area contributed by atoms with Gasteiger partial charge in [-0.2, -0.15) is 0 Å². The molecule has 1 amide bonds. The Kier molecular flexibility index (Phi) is 3.98. The predicted molar refractivity (Wildman–Crippen MR) is 49.4 cm³/mol. The molecule has 0 aromatic heterocycles. The summed E-state index contributed by atoms with van der Waals surface area (Å²) in [6.45, 7) is 2.94. The number of nitrogens with zero attached hydrogens (tertiary/aromatic N) is 1. The zero-order valence-corrected chi connectivity index (χ0v) is 7.95. The van der Waals surface area contributed by atoms with Crippen LogP contribution in [0.5, 0.6) is 0 Å². The number of ether oxygens (including phenoxy) is 1. The van der Waals surface area contributed by atoms with E-state index in [1.165, 1.54) is 7.11 Å². The molecule has 1 saturated heterocycles. The number of methoxy groups -OCH3 is 1. The van der Waals surface area contributed by atoms with Crippen LogP contribution in [0.4, 0.5) is 4.79 Å². The molecule has 0 bridgehead atoms. The number of amides is 1. The van der Waals surface area contributed by atoms with E-state index in [1.54, 1.807) is 4.90 Å². The maximum Gasteiger partial charge on any atom is 0.409 e. The van der Waals surface area contributed by atoms with Gasteiger partial charge in [-0.05, 0) is 6.42 Å². The van der Waals surface area contributed by atoms with Crippen molar-refractivity contribution in [2.24, 2.45) is 5.73 Å². The Morgan fingerprint density at radius 3 is 3.15 bits per heavy atom. The van der Waals surface area contributed by atoms with E-state index in [9.17, 15) is 4.79 Å². The van der Waals surface area contributed by atoms with Crippen molar-refractivity contribution >= 4 is 6.09 Å². The molecule has 5 nitrogen and oxygen atoms in total. The molecule has 1 rings (SSSR count). The van der Waals surface area contributed by atoms with Crippen LogP contribution in [0.2, 0.25) is 0 Å². The standard InChI is InChI=1S/C8H17N3O2/c1-13-8(12)11-5-2-7(6-11)10-4-3-9/h7,10H,2-6,9H2,1H3. The van der Waals surface area contributed by atoms with E-state index in [4.69, 9.17) is 5.73 Å². The summed E-state index contributed by atoms with van der Waals surface area (Å²) in [5, 5.41) is 3.27. The van der Waals surface area contributed by atoms with Crippen LogP contribution >= 0.6 is 0 Å². The summed E-state index contributed by atoms with van der Waals surface area (Å²) in [7, 11) is 1.41. The molecule has 1 unspecified atom stereocenters. The molecule has 0 aromatic carbocycles. The SMILES string of the molecule is COC(=O)N1CCC(NCCN)C1. The smallest absolute Gasteiger partial charge is 0.409 e. The molecule has 0 saturated carbocycles. The molecule has 3 N–H and O–H groups in total. The van der Waals surface area contributed by atoms with Gasteiger partial charge in [0.05, 0.1) is 7.11 Å². The molecule has 0 aromatic rings. The molecular weight excluding hydrogens is 170 g/mol. The van der Waals surface area contributed by atoms with Crippen molar-refractivity contribution in [3.05, 3.63) is 0 Å². The highest BCUT2D eigenvalue weighted by Crippen LogP contribution is 2.09. The predicted octanol–water partition coefficient (Wildman–Crippen LogP) is -0.625. The fraction of sp³-hybridized carbons (Fsp3) is 0.875. The average molecular weight is 187 g/mol. The van der Waals surface area contributed by atoms with Crippen molar-refractivity contribution in [1.29, 1.82) is 0 Å². The highest BCUT2D eigenvalue weighted by Gasteiger charge is 2.25. The number of nitrogens with two attached hydrogens (primary N) is 1. The van der Waals surface area contributed by atoms with Gasteiger partial charge in [0.1, 0.15) is 0 Å². The molecule has 0 radical (unpaired) electrons. The van der Waals surface area contributed by atoms with Gasteiger partial charge in [0.25, 0.3) is 0 Å². The van der Waals surface area contributed by atoms with Crippen LogP contribution in [0.25, 0.3) is 0 Å². The first-order valence-corrected chi connectivity index (χ1v) is 4.54. The van der Waals surface area contributed by atoms with Gasteiger partial charge in [-0.3, -0.25) is 0 Å². The largest absolute Gasteiger partial charge is 0.453 e. The molecule has 5 heteroatoms. The van der Waals surface area contributed by atoms with E-state index in [0.717, 1.165) is 26.1 Å². The second-order valence-corrected chi connectivity index (χ2v) is 3.14. The van der Waals surface area contributed by atoms with Crippen molar-refractivity contribution in [2.45, 2.75) is 12.5 Å². The Labute approximate surface area is 78.2 Å². The molecule has 1 fully saturated rings. The van der Waals surface area contributed by atoms with Crippen LogP contribution in [0.1, 0.15) is 6.42 Å². The van der Waals surface area contributed by atoms with Crippen molar-refractivity contribution in [3.8, 4) is 0 Å². The minimum Gasteiger partial charge on any atom is -0.453 e. The molecule has 1 aliphatic heterocycles. The summed E-state index contributed by atoms with van der Waals surface area (Å²) in [4.78, 5) is 12.8. The van der Waals surface area contributed by atoms with E-state index in [2.05, 4.69) is 10.1 Å². The zero-order valence-electron chi connectivity index (χ0n) is 7.95. The lowest BCUT2D eigenvalue weighted by Gasteiger charge is -2.14. The highest BCUT2D eigenvalue weighted by molar-refractivity contribution is 5.67. The van der Waals surface area contributed by atoms with Gasteiger partial charge < -0.3 is 20.7 Å². The third kappa shape index (κ3) is 2.86. The molecule has 1 heterocycles. The Morgan fingerprint density at radius 2 is 2.54 bits per heavy atom. The van der Waals surface area contributed by atoms with Crippen molar-refractivity contribution in [2.75, 3.05) is 33.3 Å².